The first-order chi connectivity index (χ1) is 9.13. The van der Waals surface area contributed by atoms with E-state index in [9.17, 15) is 0 Å². The maximum Gasteiger partial charge on any atom is 0.0453 e. The lowest BCUT2D eigenvalue weighted by Gasteiger charge is -2.38. The average Bonchev–Trinajstić information content (AvgIpc) is 3.23. The normalized spacial score (nSPS) is 18.8. The fourth-order valence-electron chi connectivity index (χ4n) is 2.92. The van der Waals surface area contributed by atoms with Crippen LogP contribution in [0.2, 0.25) is 0 Å². The van der Waals surface area contributed by atoms with Gasteiger partial charge in [0.15, 0.2) is 0 Å². The lowest BCUT2D eigenvalue weighted by molar-refractivity contribution is 0.121. The molecule has 0 aliphatic heterocycles. The van der Waals surface area contributed by atoms with Crippen LogP contribution in [0.15, 0.2) is 30.3 Å². The van der Waals surface area contributed by atoms with Crippen LogP contribution in [0.25, 0.3) is 0 Å². The van der Waals surface area contributed by atoms with Gasteiger partial charge in [0.05, 0.1) is 0 Å². The summed E-state index contributed by atoms with van der Waals surface area (Å²) in [6.45, 7) is 8.07. The minimum absolute atomic E-state index is 0.118. The van der Waals surface area contributed by atoms with E-state index in [4.69, 9.17) is 5.73 Å². The zero-order valence-corrected chi connectivity index (χ0v) is 12.5. The van der Waals surface area contributed by atoms with Crippen molar-refractivity contribution in [3.8, 4) is 0 Å². The summed E-state index contributed by atoms with van der Waals surface area (Å²) in [5, 5.41) is 0. The lowest BCUT2D eigenvalue weighted by atomic mass is 9.95. The second-order valence-corrected chi connectivity index (χ2v) is 6.15. The molecular formula is C17H28N2. The van der Waals surface area contributed by atoms with Crippen LogP contribution in [0.1, 0.15) is 51.6 Å². The molecule has 2 N–H and O–H groups in total. The highest BCUT2D eigenvalue weighted by molar-refractivity contribution is 5.20. The lowest BCUT2D eigenvalue weighted by Crippen LogP contribution is -2.47. The average molecular weight is 260 g/mol. The first-order valence-corrected chi connectivity index (χ1v) is 7.69. The highest BCUT2D eigenvalue weighted by atomic mass is 15.2. The van der Waals surface area contributed by atoms with Crippen molar-refractivity contribution in [2.24, 2.45) is 11.7 Å². The monoisotopic (exact) mass is 260 g/mol. The fraction of sp³-hybridized carbons (Fsp3) is 0.647. The van der Waals surface area contributed by atoms with E-state index in [1.807, 2.05) is 0 Å². The molecular weight excluding hydrogens is 232 g/mol. The summed E-state index contributed by atoms with van der Waals surface area (Å²) < 4.78 is 0. The Bertz CT molecular complexity index is 370. The Labute approximate surface area is 118 Å². The summed E-state index contributed by atoms with van der Waals surface area (Å²) >= 11 is 0. The van der Waals surface area contributed by atoms with E-state index in [-0.39, 0.29) is 6.04 Å². The zero-order valence-electron chi connectivity index (χ0n) is 12.5. The zero-order chi connectivity index (χ0) is 13.8. The van der Waals surface area contributed by atoms with Crippen molar-refractivity contribution in [3.63, 3.8) is 0 Å². The predicted molar refractivity (Wildman–Crippen MR) is 82.0 cm³/mol. The molecule has 0 saturated heterocycles. The minimum atomic E-state index is 0.118. The van der Waals surface area contributed by atoms with Gasteiger partial charge >= 0.3 is 0 Å². The van der Waals surface area contributed by atoms with E-state index in [2.05, 4.69) is 56.0 Å². The fourth-order valence-corrected chi connectivity index (χ4v) is 2.92. The van der Waals surface area contributed by atoms with Crippen LogP contribution in [0, 0.1) is 5.92 Å². The molecule has 19 heavy (non-hydrogen) atoms. The van der Waals surface area contributed by atoms with E-state index in [0.29, 0.717) is 12.1 Å². The van der Waals surface area contributed by atoms with Gasteiger partial charge in [-0.05, 0) is 44.6 Å². The van der Waals surface area contributed by atoms with Gasteiger partial charge in [-0.2, -0.15) is 0 Å². The number of hydrogen-bond acceptors (Lipinski definition) is 2. The van der Waals surface area contributed by atoms with Gasteiger partial charge in [-0.3, -0.25) is 4.90 Å². The van der Waals surface area contributed by atoms with Crippen LogP contribution < -0.4 is 5.73 Å². The molecule has 1 aromatic carbocycles. The van der Waals surface area contributed by atoms with Crippen molar-refractivity contribution in [3.05, 3.63) is 35.9 Å². The topological polar surface area (TPSA) is 29.3 Å². The molecule has 2 atom stereocenters. The molecule has 2 unspecified atom stereocenters. The van der Waals surface area contributed by atoms with Crippen molar-refractivity contribution in [1.82, 2.24) is 4.90 Å². The van der Waals surface area contributed by atoms with E-state index >= 15 is 0 Å². The Kier molecular flexibility index (Phi) is 5.00. The van der Waals surface area contributed by atoms with Crippen molar-refractivity contribution in [2.45, 2.75) is 58.2 Å². The molecule has 0 bridgehead atoms. The van der Waals surface area contributed by atoms with E-state index < -0.39 is 0 Å². The Balaban J connectivity index is 2.11. The molecule has 1 aliphatic carbocycles. The Morgan fingerprint density at radius 3 is 2.32 bits per heavy atom. The van der Waals surface area contributed by atoms with Crippen LogP contribution >= 0.6 is 0 Å². The van der Waals surface area contributed by atoms with Crippen LogP contribution in [-0.4, -0.2) is 23.5 Å². The largest absolute Gasteiger partial charge is 0.323 e. The molecule has 1 aliphatic rings. The van der Waals surface area contributed by atoms with Gasteiger partial charge < -0.3 is 5.73 Å². The third-order valence-corrected chi connectivity index (χ3v) is 4.27. The van der Waals surface area contributed by atoms with Crippen LogP contribution in [0.3, 0.4) is 0 Å². The van der Waals surface area contributed by atoms with Crippen molar-refractivity contribution < 1.29 is 0 Å². The number of nitrogens with zero attached hydrogens (tertiary/aromatic N) is 1. The van der Waals surface area contributed by atoms with E-state index in [1.54, 1.807) is 0 Å². The number of benzene rings is 1. The molecule has 106 valence electrons. The van der Waals surface area contributed by atoms with Crippen molar-refractivity contribution >= 4 is 0 Å². The summed E-state index contributed by atoms with van der Waals surface area (Å²) in [4.78, 5) is 2.62. The molecule has 0 aromatic heterocycles. The maximum absolute atomic E-state index is 6.54. The minimum Gasteiger partial charge on any atom is -0.323 e. The highest BCUT2D eigenvalue weighted by Gasteiger charge is 2.31. The Hall–Kier alpha value is -0.860. The molecule has 1 aromatic rings. The molecule has 0 amide bonds. The quantitative estimate of drug-likeness (QED) is 0.812. The molecule has 0 radical (unpaired) electrons. The van der Waals surface area contributed by atoms with Gasteiger partial charge in [-0.1, -0.05) is 37.3 Å². The molecule has 1 saturated carbocycles. The number of rotatable bonds is 7. The van der Waals surface area contributed by atoms with Gasteiger partial charge in [0.2, 0.25) is 0 Å². The Morgan fingerprint density at radius 2 is 1.84 bits per heavy atom. The standard InChI is InChI=1S/C17H28N2/c1-4-16(17(18)15-8-6-5-7-9-15)19(13(2)3)12-14-10-11-14/h5-9,13-14,16-17H,4,10-12,18H2,1-3H3. The van der Waals surface area contributed by atoms with Gasteiger partial charge in [-0.25, -0.2) is 0 Å². The third-order valence-electron chi connectivity index (χ3n) is 4.27. The summed E-state index contributed by atoms with van der Waals surface area (Å²) in [5.74, 6) is 0.916. The molecule has 0 spiro atoms. The third kappa shape index (κ3) is 3.80. The summed E-state index contributed by atoms with van der Waals surface area (Å²) in [6.07, 6.45) is 3.92. The number of hydrogen-bond donors (Lipinski definition) is 1. The molecule has 2 rings (SSSR count). The van der Waals surface area contributed by atoms with Crippen LogP contribution in [-0.2, 0) is 0 Å². The molecule has 1 fully saturated rings. The smallest absolute Gasteiger partial charge is 0.0453 e. The molecule has 2 heteroatoms. The van der Waals surface area contributed by atoms with Gasteiger partial charge in [-0.15, -0.1) is 0 Å². The molecule has 0 heterocycles. The summed E-state index contributed by atoms with van der Waals surface area (Å²) in [7, 11) is 0. The van der Waals surface area contributed by atoms with Crippen LogP contribution in [0.4, 0.5) is 0 Å². The van der Waals surface area contributed by atoms with E-state index in [1.165, 1.54) is 24.9 Å². The van der Waals surface area contributed by atoms with Gasteiger partial charge in [0, 0.05) is 24.7 Å². The first kappa shape index (κ1) is 14.5. The van der Waals surface area contributed by atoms with Gasteiger partial charge in [0.1, 0.15) is 0 Å². The van der Waals surface area contributed by atoms with Crippen LogP contribution in [0.5, 0.6) is 0 Å². The van der Waals surface area contributed by atoms with Crippen molar-refractivity contribution in [2.75, 3.05) is 6.54 Å². The Morgan fingerprint density at radius 1 is 1.21 bits per heavy atom. The second-order valence-electron chi connectivity index (χ2n) is 6.15. The second kappa shape index (κ2) is 6.53. The van der Waals surface area contributed by atoms with Crippen molar-refractivity contribution in [1.29, 1.82) is 0 Å². The predicted octanol–water partition coefficient (Wildman–Crippen LogP) is 3.59. The van der Waals surface area contributed by atoms with E-state index in [0.717, 1.165) is 12.3 Å². The SMILES string of the molecule is CCC(C(N)c1ccccc1)N(CC1CC1)C(C)C. The molecule has 2 nitrogen and oxygen atoms in total. The summed E-state index contributed by atoms with van der Waals surface area (Å²) in [6, 6.07) is 11.7. The first-order valence-electron chi connectivity index (χ1n) is 7.69. The van der Waals surface area contributed by atoms with Gasteiger partial charge in [0.25, 0.3) is 0 Å². The number of nitrogens with two attached hydrogens (primary N) is 1. The summed E-state index contributed by atoms with van der Waals surface area (Å²) in [5.41, 5.74) is 7.80. The maximum atomic E-state index is 6.54. The highest BCUT2D eigenvalue weighted by Crippen LogP contribution is 2.33.